The van der Waals surface area contributed by atoms with Crippen LogP contribution >= 0.6 is 11.8 Å². The molecule has 37 heavy (non-hydrogen) atoms. The van der Waals surface area contributed by atoms with Crippen LogP contribution in [0.25, 0.3) is 0 Å². The summed E-state index contributed by atoms with van der Waals surface area (Å²) >= 11 is 1.99. The minimum absolute atomic E-state index is 0.244. The molecule has 0 fully saturated rings. The minimum atomic E-state index is 0.244. The molecule has 0 spiro atoms. The summed E-state index contributed by atoms with van der Waals surface area (Å²) in [6.45, 7) is 17.5. The molecule has 3 rings (SSSR count). The number of unbranched alkanes of at least 4 members (excludes halogenated alkanes) is 2. The first-order valence-corrected chi connectivity index (χ1v) is 15.5. The summed E-state index contributed by atoms with van der Waals surface area (Å²) in [5, 5.41) is 3.91. The molecule has 3 atom stereocenters. The topological polar surface area (TPSA) is 15.3 Å². The van der Waals surface area contributed by atoms with Crippen LogP contribution in [0.5, 0.6) is 0 Å². The van der Waals surface area contributed by atoms with Crippen LogP contribution < -0.4 is 5.32 Å². The molecule has 0 saturated carbocycles. The van der Waals surface area contributed by atoms with Gasteiger partial charge >= 0.3 is 0 Å². The average Bonchev–Trinajstić information content (AvgIpc) is 2.86. The van der Waals surface area contributed by atoms with Gasteiger partial charge in [0.25, 0.3) is 0 Å². The number of benzene rings is 1. The summed E-state index contributed by atoms with van der Waals surface area (Å²) in [6.07, 6.45) is 22.4. The molecular formula is C34H50N2S. The molecule has 1 aromatic rings. The summed E-state index contributed by atoms with van der Waals surface area (Å²) in [6, 6.07) is 5.26. The standard InChI is InChI=1S/C34H50N2S/c1-8-10-11-16-29-21-26(4)33(31-19-14-15-25(3)20-31)32(22-29)18-13-12-17-30-23-35-27(5)34(36(7)9-2)28(6)37-24-30/h9,12,17,20-23,28,31,34-35H,2,5,8,10-11,13-16,18-19,24H2,1,3-4,6-7H3/b17-12+,30-23-. The molecule has 0 radical (unpaired) electrons. The molecule has 3 unspecified atom stereocenters. The van der Waals surface area contributed by atoms with Crippen LogP contribution in [0, 0.1) is 6.92 Å². The van der Waals surface area contributed by atoms with Gasteiger partial charge in [0.1, 0.15) is 0 Å². The lowest BCUT2D eigenvalue weighted by Gasteiger charge is -2.34. The van der Waals surface area contributed by atoms with Crippen molar-refractivity contribution in [1.29, 1.82) is 0 Å². The molecule has 2 nitrogen and oxygen atoms in total. The summed E-state index contributed by atoms with van der Waals surface area (Å²) in [5.74, 6) is 1.59. The van der Waals surface area contributed by atoms with Gasteiger partial charge in [-0.1, -0.05) is 75.8 Å². The third-order valence-electron chi connectivity index (χ3n) is 7.94. The first-order valence-electron chi connectivity index (χ1n) is 14.4. The zero-order valence-corrected chi connectivity index (χ0v) is 24.9. The van der Waals surface area contributed by atoms with Gasteiger partial charge in [-0.15, -0.1) is 0 Å². The Balaban J connectivity index is 1.73. The number of hydrogen-bond donors (Lipinski definition) is 1. The highest BCUT2D eigenvalue weighted by molar-refractivity contribution is 8.00. The molecule has 0 aromatic heterocycles. The second-order valence-corrected chi connectivity index (χ2v) is 12.5. The number of hydrogen-bond acceptors (Lipinski definition) is 3. The van der Waals surface area contributed by atoms with Crippen LogP contribution in [0.2, 0.25) is 0 Å². The van der Waals surface area contributed by atoms with E-state index in [1.54, 1.807) is 16.7 Å². The molecule has 0 saturated heterocycles. The largest absolute Gasteiger partial charge is 0.371 e. The summed E-state index contributed by atoms with van der Waals surface area (Å²) < 4.78 is 0. The Hall–Kier alpha value is -2.13. The molecule has 1 N–H and O–H groups in total. The van der Waals surface area contributed by atoms with E-state index in [0.717, 1.165) is 24.3 Å². The van der Waals surface area contributed by atoms with Crippen molar-refractivity contribution in [3.63, 3.8) is 0 Å². The smallest absolute Gasteiger partial charge is 0.0792 e. The predicted molar refractivity (Wildman–Crippen MR) is 166 cm³/mol. The van der Waals surface area contributed by atoms with Gasteiger partial charge in [-0.05, 0) is 92.8 Å². The number of thioether (sulfide) groups is 1. The molecule has 1 aliphatic heterocycles. The van der Waals surface area contributed by atoms with Gasteiger partial charge in [-0.3, -0.25) is 0 Å². The number of nitrogens with one attached hydrogen (secondary N) is 1. The molecular weight excluding hydrogens is 468 g/mol. The number of rotatable bonds is 11. The lowest BCUT2D eigenvalue weighted by molar-refractivity contribution is 0.359. The lowest BCUT2D eigenvalue weighted by atomic mass is 9.80. The van der Waals surface area contributed by atoms with Gasteiger partial charge in [0.15, 0.2) is 0 Å². The number of aryl methyl sites for hydroxylation is 3. The van der Waals surface area contributed by atoms with Crippen molar-refractivity contribution >= 4 is 11.8 Å². The number of nitrogens with zero attached hydrogens (tertiary/aromatic N) is 1. The third-order valence-corrected chi connectivity index (χ3v) is 9.22. The molecule has 3 heteroatoms. The van der Waals surface area contributed by atoms with Gasteiger partial charge in [-0.2, -0.15) is 11.8 Å². The fraction of sp³-hybridized carbons (Fsp3) is 0.529. The van der Waals surface area contributed by atoms with Crippen molar-refractivity contribution < 1.29 is 0 Å². The van der Waals surface area contributed by atoms with Crippen LogP contribution in [0.4, 0.5) is 0 Å². The van der Waals surface area contributed by atoms with Gasteiger partial charge in [0.05, 0.1) is 6.04 Å². The Morgan fingerprint density at radius 3 is 2.73 bits per heavy atom. The van der Waals surface area contributed by atoms with Crippen molar-refractivity contribution in [3.8, 4) is 0 Å². The van der Waals surface area contributed by atoms with Crippen LogP contribution in [0.15, 0.2) is 72.8 Å². The zero-order valence-electron chi connectivity index (χ0n) is 24.1. The van der Waals surface area contributed by atoms with E-state index in [1.165, 1.54) is 61.6 Å². The van der Waals surface area contributed by atoms with Crippen LogP contribution in [0.3, 0.4) is 0 Å². The lowest BCUT2D eigenvalue weighted by Crippen LogP contribution is -2.41. The first-order chi connectivity index (χ1) is 17.8. The highest BCUT2D eigenvalue weighted by Crippen LogP contribution is 2.36. The highest BCUT2D eigenvalue weighted by atomic mass is 32.2. The molecule has 1 aliphatic carbocycles. The van der Waals surface area contributed by atoms with Crippen LogP contribution in [-0.2, 0) is 12.8 Å². The quantitative estimate of drug-likeness (QED) is 0.232. The fourth-order valence-electron chi connectivity index (χ4n) is 5.93. The third kappa shape index (κ3) is 8.43. The Morgan fingerprint density at radius 2 is 2.00 bits per heavy atom. The van der Waals surface area contributed by atoms with Crippen LogP contribution in [-0.4, -0.2) is 29.0 Å². The van der Waals surface area contributed by atoms with Gasteiger partial charge in [-0.25, -0.2) is 0 Å². The number of allylic oxidation sites excluding steroid dienone is 4. The van der Waals surface area contributed by atoms with E-state index in [0.29, 0.717) is 11.2 Å². The summed E-state index contributed by atoms with van der Waals surface area (Å²) in [5.41, 5.74) is 10.1. The van der Waals surface area contributed by atoms with Crippen molar-refractivity contribution in [1.82, 2.24) is 10.2 Å². The van der Waals surface area contributed by atoms with Crippen molar-refractivity contribution in [2.24, 2.45) is 0 Å². The Labute approximate surface area is 232 Å². The first kappa shape index (κ1) is 29.4. The van der Waals surface area contributed by atoms with Gasteiger partial charge in [0.2, 0.25) is 0 Å². The molecule has 0 bridgehead atoms. The fourth-order valence-corrected chi connectivity index (χ4v) is 7.10. The van der Waals surface area contributed by atoms with Crippen molar-refractivity contribution in [3.05, 3.63) is 95.0 Å². The van der Waals surface area contributed by atoms with Crippen molar-refractivity contribution in [2.45, 2.75) is 103 Å². The van der Waals surface area contributed by atoms with E-state index in [4.69, 9.17) is 0 Å². The van der Waals surface area contributed by atoms with E-state index in [9.17, 15) is 0 Å². The maximum Gasteiger partial charge on any atom is 0.0792 e. The second kappa shape index (κ2) is 14.7. The summed E-state index contributed by atoms with van der Waals surface area (Å²) in [4.78, 5) is 2.15. The van der Waals surface area contributed by atoms with Crippen LogP contribution in [0.1, 0.15) is 93.9 Å². The molecule has 1 aromatic carbocycles. The average molecular weight is 519 g/mol. The zero-order chi connectivity index (χ0) is 26.8. The SMILES string of the molecule is C=CN(C)C1C(=C)N/C=C(/C=C/CCc2cc(CCCCC)cc(C)c2C2C=C(C)CCC2)CSC1C. The molecule has 2 aliphatic rings. The van der Waals surface area contributed by atoms with Crippen molar-refractivity contribution in [2.75, 3.05) is 12.8 Å². The Bertz CT molecular complexity index is 1010. The molecule has 1 heterocycles. The van der Waals surface area contributed by atoms with Gasteiger partial charge < -0.3 is 10.2 Å². The van der Waals surface area contributed by atoms with E-state index < -0.39 is 0 Å². The normalized spacial score (nSPS) is 24.0. The molecule has 0 amide bonds. The van der Waals surface area contributed by atoms with E-state index in [1.807, 2.05) is 18.0 Å². The second-order valence-electron chi connectivity index (χ2n) is 11.1. The monoisotopic (exact) mass is 518 g/mol. The van der Waals surface area contributed by atoms with E-state index in [2.05, 4.69) is 94.7 Å². The van der Waals surface area contributed by atoms with E-state index >= 15 is 0 Å². The predicted octanol–water partition coefficient (Wildman–Crippen LogP) is 9.00. The maximum absolute atomic E-state index is 4.30. The van der Waals surface area contributed by atoms with E-state index in [-0.39, 0.29) is 6.04 Å². The maximum atomic E-state index is 4.30. The minimum Gasteiger partial charge on any atom is -0.371 e. The highest BCUT2D eigenvalue weighted by Gasteiger charge is 2.25. The number of likely N-dealkylation sites (N-methyl/N-ethyl adjacent to an activating group) is 1. The summed E-state index contributed by atoms with van der Waals surface area (Å²) in [7, 11) is 2.08. The molecule has 202 valence electrons. The Morgan fingerprint density at radius 1 is 1.19 bits per heavy atom. The van der Waals surface area contributed by atoms with Gasteiger partial charge in [0, 0.05) is 35.9 Å². The Kier molecular flexibility index (Phi) is 11.7.